The molecule has 31 heavy (non-hydrogen) atoms. The number of nitrogens with zero attached hydrogens (tertiary/aromatic N) is 4. The largest absolute Gasteiger partial charge is 0.387 e. The van der Waals surface area contributed by atoms with Crippen LogP contribution in [0.2, 0.25) is 0 Å². The second kappa shape index (κ2) is 8.80. The molecule has 3 heterocycles. The molecule has 0 aliphatic rings. The highest BCUT2D eigenvalue weighted by molar-refractivity contribution is 5.99. The predicted octanol–water partition coefficient (Wildman–Crippen LogP) is 2.67. The van der Waals surface area contributed by atoms with Gasteiger partial charge in [-0.2, -0.15) is 5.10 Å². The minimum atomic E-state index is -1.63. The molecule has 0 saturated heterocycles. The second-order valence-corrected chi connectivity index (χ2v) is 7.94. The summed E-state index contributed by atoms with van der Waals surface area (Å²) in [6, 6.07) is 3.22. The van der Waals surface area contributed by atoms with Gasteiger partial charge < -0.3 is 21.1 Å². The first-order valence-electron chi connectivity index (χ1n) is 9.72. The molecular weight excluding hydrogens is 408 g/mol. The van der Waals surface area contributed by atoms with Crippen molar-refractivity contribution in [1.29, 1.82) is 0 Å². The molecule has 0 saturated carbocycles. The first kappa shape index (κ1) is 22.3. The molecule has 0 radical (unpaired) electrons. The van der Waals surface area contributed by atoms with Crippen LogP contribution in [-0.4, -0.2) is 55.0 Å². The Bertz CT molecular complexity index is 1080. The van der Waals surface area contributed by atoms with Gasteiger partial charge in [-0.05, 0) is 33.8 Å². The van der Waals surface area contributed by atoms with E-state index in [1.165, 1.54) is 24.6 Å². The maximum absolute atomic E-state index is 14.0. The van der Waals surface area contributed by atoms with Gasteiger partial charge in [0.05, 0.1) is 29.6 Å². The van der Waals surface area contributed by atoms with Crippen LogP contribution in [0.5, 0.6) is 0 Å². The van der Waals surface area contributed by atoms with Gasteiger partial charge in [0.15, 0.2) is 11.5 Å². The summed E-state index contributed by atoms with van der Waals surface area (Å²) in [6.45, 7) is 6.12. The number of nitrogens with one attached hydrogen (secondary N) is 3. The zero-order chi connectivity index (χ0) is 22.8. The first-order chi connectivity index (χ1) is 14.5. The molecule has 9 nitrogen and oxygen atoms in total. The summed E-state index contributed by atoms with van der Waals surface area (Å²) in [7, 11) is 0. The van der Waals surface area contributed by atoms with E-state index in [0.29, 0.717) is 17.3 Å². The summed E-state index contributed by atoms with van der Waals surface area (Å²) >= 11 is 0. The zero-order valence-corrected chi connectivity index (χ0v) is 17.6. The Balaban J connectivity index is 1.81. The molecule has 3 rings (SSSR count). The molecule has 3 aromatic rings. The van der Waals surface area contributed by atoms with Crippen LogP contribution in [0.15, 0.2) is 30.7 Å². The van der Waals surface area contributed by atoms with Gasteiger partial charge in [0.2, 0.25) is 0 Å². The van der Waals surface area contributed by atoms with Crippen molar-refractivity contribution in [3.05, 3.63) is 42.1 Å². The van der Waals surface area contributed by atoms with Crippen molar-refractivity contribution in [3.8, 4) is 0 Å². The lowest BCUT2D eigenvalue weighted by Crippen LogP contribution is -2.42. The molecule has 0 fully saturated rings. The molecule has 1 atom stereocenters. The Hall–Kier alpha value is -3.34. The Labute approximate surface area is 177 Å². The fraction of sp³-hybridized carbons (Fsp3) is 0.400. The molecule has 11 heteroatoms. The molecule has 0 aliphatic carbocycles. The number of anilines is 3. The van der Waals surface area contributed by atoms with Gasteiger partial charge in [0.1, 0.15) is 17.8 Å². The standard InChI is InChI=1S/C20H25F2N7O2/c1-11(2)26-14-7-17(27-16-5-6-29-18(28-16)13(21)9-25-29)23-8-12(14)19(30)24-10-15(22)20(3,4)31/h5-9,11,15,31H,10H2,1-4H3,(H,24,30)(H2,23,26,27,28). The number of carbonyl (C=O) groups excluding carboxylic acids is 1. The van der Waals surface area contributed by atoms with Gasteiger partial charge in [-0.3, -0.25) is 4.79 Å². The molecule has 0 spiro atoms. The number of rotatable bonds is 8. The van der Waals surface area contributed by atoms with Gasteiger partial charge >= 0.3 is 0 Å². The van der Waals surface area contributed by atoms with Crippen LogP contribution in [0.1, 0.15) is 38.1 Å². The summed E-state index contributed by atoms with van der Waals surface area (Å²) in [5, 5.41) is 22.1. The number of hydrogen-bond donors (Lipinski definition) is 4. The van der Waals surface area contributed by atoms with Gasteiger partial charge in [-0.25, -0.2) is 23.3 Å². The number of aliphatic hydroxyl groups is 1. The van der Waals surface area contributed by atoms with Gasteiger partial charge in [-0.1, -0.05) is 0 Å². The summed E-state index contributed by atoms with van der Waals surface area (Å²) in [5.41, 5.74) is -0.816. The first-order valence-corrected chi connectivity index (χ1v) is 9.72. The van der Waals surface area contributed by atoms with Crippen LogP contribution in [0.3, 0.4) is 0 Å². The molecular formula is C20H25F2N7O2. The lowest BCUT2D eigenvalue weighted by atomic mass is 10.0. The third-order valence-corrected chi connectivity index (χ3v) is 4.38. The third kappa shape index (κ3) is 5.43. The summed E-state index contributed by atoms with van der Waals surface area (Å²) in [4.78, 5) is 21.0. The minimum Gasteiger partial charge on any atom is -0.387 e. The van der Waals surface area contributed by atoms with Crippen LogP contribution < -0.4 is 16.0 Å². The van der Waals surface area contributed by atoms with E-state index in [4.69, 9.17) is 0 Å². The highest BCUT2D eigenvalue weighted by Gasteiger charge is 2.27. The predicted molar refractivity (Wildman–Crippen MR) is 113 cm³/mol. The quantitative estimate of drug-likeness (QED) is 0.432. The number of aromatic nitrogens is 4. The van der Waals surface area contributed by atoms with Crippen LogP contribution in [0.25, 0.3) is 5.65 Å². The highest BCUT2D eigenvalue weighted by atomic mass is 19.1. The molecule has 4 N–H and O–H groups in total. The number of carbonyl (C=O) groups is 1. The van der Waals surface area contributed by atoms with Crippen LogP contribution >= 0.6 is 0 Å². The van der Waals surface area contributed by atoms with E-state index in [9.17, 15) is 18.7 Å². The van der Waals surface area contributed by atoms with Crippen molar-refractivity contribution in [2.45, 2.75) is 45.5 Å². The molecule has 1 amide bonds. The smallest absolute Gasteiger partial charge is 0.255 e. The molecule has 0 aromatic carbocycles. The maximum atomic E-state index is 14.0. The summed E-state index contributed by atoms with van der Waals surface area (Å²) in [6.07, 6.45) is 2.34. The minimum absolute atomic E-state index is 0.00228. The van der Waals surface area contributed by atoms with Crippen LogP contribution in [0.4, 0.5) is 26.1 Å². The lowest BCUT2D eigenvalue weighted by Gasteiger charge is -2.23. The van der Waals surface area contributed by atoms with Crippen molar-refractivity contribution >= 4 is 28.9 Å². The zero-order valence-electron chi connectivity index (χ0n) is 17.6. The van der Waals surface area contributed by atoms with Crippen molar-refractivity contribution in [1.82, 2.24) is 24.9 Å². The Kier molecular flexibility index (Phi) is 6.34. The monoisotopic (exact) mass is 433 g/mol. The van der Waals surface area contributed by atoms with E-state index in [1.54, 1.807) is 18.3 Å². The Morgan fingerprint density at radius 2 is 2.03 bits per heavy atom. The van der Waals surface area contributed by atoms with E-state index in [0.717, 1.165) is 6.20 Å². The topological polar surface area (TPSA) is 116 Å². The van der Waals surface area contributed by atoms with E-state index in [1.807, 2.05) is 13.8 Å². The fourth-order valence-electron chi connectivity index (χ4n) is 2.70. The normalized spacial score (nSPS) is 12.8. The van der Waals surface area contributed by atoms with E-state index >= 15 is 0 Å². The van der Waals surface area contributed by atoms with Crippen LogP contribution in [-0.2, 0) is 0 Å². The van der Waals surface area contributed by atoms with E-state index in [-0.39, 0.29) is 23.8 Å². The fourth-order valence-corrected chi connectivity index (χ4v) is 2.70. The van der Waals surface area contributed by atoms with E-state index < -0.39 is 23.5 Å². The summed E-state index contributed by atoms with van der Waals surface area (Å²) in [5.74, 6) is -0.369. The number of amides is 1. The maximum Gasteiger partial charge on any atom is 0.255 e. The molecule has 3 aromatic heterocycles. The SMILES string of the molecule is CC(C)Nc1cc(Nc2ccn3ncc(F)c3n2)ncc1C(=O)NCC(F)C(C)(C)O. The molecule has 1 unspecified atom stereocenters. The Morgan fingerprint density at radius 3 is 2.71 bits per heavy atom. The van der Waals surface area contributed by atoms with Crippen LogP contribution in [0, 0.1) is 5.82 Å². The number of pyridine rings is 1. The number of hydrogen-bond acceptors (Lipinski definition) is 7. The van der Waals surface area contributed by atoms with Gasteiger partial charge in [-0.15, -0.1) is 0 Å². The number of halogens is 2. The lowest BCUT2D eigenvalue weighted by molar-refractivity contribution is -0.00177. The average molecular weight is 433 g/mol. The van der Waals surface area contributed by atoms with Gasteiger partial charge in [0.25, 0.3) is 5.91 Å². The molecule has 166 valence electrons. The van der Waals surface area contributed by atoms with Crippen molar-refractivity contribution in [3.63, 3.8) is 0 Å². The molecule has 0 bridgehead atoms. The number of fused-ring (bicyclic) bond motifs is 1. The van der Waals surface area contributed by atoms with Crippen molar-refractivity contribution < 1.29 is 18.7 Å². The summed E-state index contributed by atoms with van der Waals surface area (Å²) < 4.78 is 29.0. The highest BCUT2D eigenvalue weighted by Crippen LogP contribution is 2.22. The second-order valence-electron chi connectivity index (χ2n) is 7.94. The third-order valence-electron chi connectivity index (χ3n) is 4.38. The van der Waals surface area contributed by atoms with Crippen molar-refractivity contribution in [2.24, 2.45) is 0 Å². The molecule has 0 aliphatic heterocycles. The Morgan fingerprint density at radius 1 is 1.29 bits per heavy atom. The average Bonchev–Trinajstić information content (AvgIpc) is 3.05. The number of alkyl halides is 1. The van der Waals surface area contributed by atoms with E-state index in [2.05, 4.69) is 31.0 Å². The van der Waals surface area contributed by atoms with Crippen molar-refractivity contribution in [2.75, 3.05) is 17.2 Å². The van der Waals surface area contributed by atoms with Gasteiger partial charge in [0, 0.05) is 24.5 Å².